The minimum Gasteiger partial charge on any atom is -0.481 e. The van der Waals surface area contributed by atoms with E-state index in [1.165, 1.54) is 51.4 Å². The van der Waals surface area contributed by atoms with Gasteiger partial charge in [-0.25, -0.2) is 0 Å². The number of unbranched alkanes of at least 4 members (excludes halogenated alkanes) is 14. The molecule has 6 heteroatoms. The third-order valence-electron chi connectivity index (χ3n) is 5.93. The van der Waals surface area contributed by atoms with Crippen molar-refractivity contribution in [1.29, 1.82) is 0 Å². The minimum atomic E-state index is -0.677. The molecule has 0 spiro atoms. The Hall–Kier alpha value is -1.14. The van der Waals surface area contributed by atoms with E-state index in [4.69, 9.17) is 20.4 Å². The molecule has 0 amide bonds. The normalized spacial score (nSPS) is 12.6. The average Bonchev–Trinajstić information content (AvgIpc) is 2.76. The van der Waals surface area contributed by atoms with Gasteiger partial charge >= 0.3 is 11.9 Å². The van der Waals surface area contributed by atoms with Gasteiger partial charge in [-0.2, -0.15) is 0 Å². The molecule has 0 fully saturated rings. The molecule has 0 aliphatic carbocycles. The van der Waals surface area contributed by atoms with Crippen LogP contribution in [0, 0.1) is 11.8 Å². The van der Waals surface area contributed by atoms with E-state index < -0.39 is 11.9 Å². The monoisotopic (exact) mass is 460 g/mol. The number of carboxylic acids is 2. The summed E-state index contributed by atoms with van der Waals surface area (Å²) >= 11 is 0. The van der Waals surface area contributed by atoms with Gasteiger partial charge in [-0.15, -0.1) is 0 Å². The summed E-state index contributed by atoms with van der Waals surface area (Å²) in [7, 11) is 0. The fourth-order valence-electron chi connectivity index (χ4n) is 3.49. The van der Waals surface area contributed by atoms with Gasteiger partial charge in [0.05, 0.1) is 11.8 Å². The Kier molecular flexibility index (Phi) is 27.0. The van der Waals surface area contributed by atoms with E-state index in [2.05, 4.69) is 0 Å². The Morgan fingerprint density at radius 1 is 0.469 bits per heavy atom. The maximum atomic E-state index is 10.5. The van der Waals surface area contributed by atoms with Gasteiger partial charge in [0.25, 0.3) is 0 Å². The molecule has 0 radical (unpaired) electrons. The smallest absolute Gasteiger partial charge is 0.306 e. The number of hydrogen-bond donors (Lipinski definition) is 4. The zero-order valence-corrected chi connectivity index (χ0v) is 20.9. The van der Waals surface area contributed by atoms with Gasteiger partial charge < -0.3 is 20.4 Å². The first-order valence-electron chi connectivity index (χ1n) is 13.0. The van der Waals surface area contributed by atoms with E-state index in [1.807, 2.05) is 0 Å². The number of hydrogen-bond acceptors (Lipinski definition) is 4. The van der Waals surface area contributed by atoms with Crippen LogP contribution in [0.4, 0.5) is 0 Å². The lowest BCUT2D eigenvalue weighted by atomic mass is 10.0. The second kappa shape index (κ2) is 26.1. The van der Waals surface area contributed by atoms with Crippen molar-refractivity contribution < 1.29 is 30.0 Å². The quantitative estimate of drug-likeness (QED) is 0.139. The number of rotatable bonds is 22. The van der Waals surface area contributed by atoms with Crippen LogP contribution in [-0.4, -0.2) is 45.6 Å². The molecule has 32 heavy (non-hydrogen) atoms. The van der Waals surface area contributed by atoms with Crippen LogP contribution in [0.25, 0.3) is 0 Å². The van der Waals surface area contributed by atoms with Gasteiger partial charge in [-0.05, 0) is 25.7 Å². The maximum absolute atomic E-state index is 10.5. The zero-order chi connectivity index (χ0) is 24.5. The molecule has 0 heterocycles. The Bertz CT molecular complexity index is 375. The van der Waals surface area contributed by atoms with E-state index in [9.17, 15) is 9.59 Å². The van der Waals surface area contributed by atoms with Crippen molar-refractivity contribution in [1.82, 2.24) is 0 Å². The molecule has 0 bridgehead atoms. The summed E-state index contributed by atoms with van der Waals surface area (Å²) in [5, 5.41) is 34.5. The largest absolute Gasteiger partial charge is 0.481 e. The zero-order valence-electron chi connectivity index (χ0n) is 20.9. The fourth-order valence-corrected chi connectivity index (χ4v) is 3.49. The average molecular weight is 461 g/mol. The SMILES string of the molecule is CC(CCCCCCCCCCO)C(=O)O.CC(CCCCCCCCCCO)C(=O)O. The second-order valence-electron chi connectivity index (χ2n) is 9.16. The summed E-state index contributed by atoms with van der Waals surface area (Å²) in [4.78, 5) is 21.1. The molecule has 0 aliphatic rings. The van der Waals surface area contributed by atoms with Crippen molar-refractivity contribution in [2.45, 2.75) is 129 Å². The van der Waals surface area contributed by atoms with Crippen molar-refractivity contribution in [3.63, 3.8) is 0 Å². The molecule has 0 aromatic carbocycles. The van der Waals surface area contributed by atoms with E-state index in [0.717, 1.165) is 64.2 Å². The molecule has 2 unspecified atom stereocenters. The van der Waals surface area contributed by atoms with Gasteiger partial charge in [0.15, 0.2) is 0 Å². The first kappa shape index (κ1) is 33.0. The summed E-state index contributed by atoms with van der Waals surface area (Å²) in [6.45, 7) is 4.18. The molecule has 0 aliphatic heterocycles. The summed E-state index contributed by atoms with van der Waals surface area (Å²) in [6.07, 6.45) is 19.9. The Morgan fingerprint density at radius 2 is 0.688 bits per heavy atom. The van der Waals surface area contributed by atoms with Crippen molar-refractivity contribution in [2.24, 2.45) is 11.8 Å². The lowest BCUT2D eigenvalue weighted by molar-refractivity contribution is -0.142. The van der Waals surface area contributed by atoms with Crippen LogP contribution in [0.2, 0.25) is 0 Å². The highest BCUT2D eigenvalue weighted by Gasteiger charge is 2.10. The van der Waals surface area contributed by atoms with Gasteiger partial charge in [-0.3, -0.25) is 9.59 Å². The molecule has 6 nitrogen and oxygen atoms in total. The molecule has 0 saturated heterocycles. The number of aliphatic hydroxyl groups excluding tert-OH is 2. The number of aliphatic carboxylic acids is 2. The molecule has 0 aromatic heterocycles. The van der Waals surface area contributed by atoms with Gasteiger partial charge in [-0.1, -0.05) is 104 Å². The molecular weight excluding hydrogens is 408 g/mol. The Morgan fingerprint density at radius 3 is 0.906 bits per heavy atom. The number of aliphatic hydroxyl groups is 2. The van der Waals surface area contributed by atoms with Crippen molar-refractivity contribution >= 4 is 11.9 Å². The molecule has 0 rings (SSSR count). The van der Waals surface area contributed by atoms with Crippen molar-refractivity contribution in [3.05, 3.63) is 0 Å². The van der Waals surface area contributed by atoms with E-state index in [0.29, 0.717) is 13.2 Å². The summed E-state index contributed by atoms with van der Waals surface area (Å²) in [5.74, 6) is -1.73. The lowest BCUT2D eigenvalue weighted by Crippen LogP contribution is -2.08. The topological polar surface area (TPSA) is 115 Å². The Balaban J connectivity index is 0. The lowest BCUT2D eigenvalue weighted by Gasteiger charge is -2.05. The van der Waals surface area contributed by atoms with Crippen LogP contribution in [0.15, 0.2) is 0 Å². The van der Waals surface area contributed by atoms with E-state index in [1.54, 1.807) is 13.8 Å². The Labute approximate surface area is 196 Å². The highest BCUT2D eigenvalue weighted by atomic mass is 16.4. The minimum absolute atomic E-state index is 0.190. The summed E-state index contributed by atoms with van der Waals surface area (Å²) in [5.41, 5.74) is 0. The van der Waals surface area contributed by atoms with Crippen LogP contribution in [0.1, 0.15) is 129 Å². The second-order valence-corrected chi connectivity index (χ2v) is 9.16. The van der Waals surface area contributed by atoms with Crippen molar-refractivity contribution in [3.8, 4) is 0 Å². The molecule has 192 valence electrons. The summed E-state index contributed by atoms with van der Waals surface area (Å²) in [6, 6.07) is 0. The molecule has 4 N–H and O–H groups in total. The number of carbonyl (C=O) groups is 2. The molecule has 2 atom stereocenters. The maximum Gasteiger partial charge on any atom is 0.306 e. The first-order chi connectivity index (χ1) is 15.4. The number of carboxylic acid groups (broad SMARTS) is 2. The van der Waals surface area contributed by atoms with E-state index in [-0.39, 0.29) is 11.8 Å². The standard InChI is InChI=1S/2C13H26O3/c2*1-12(13(15)16)10-8-6-4-2-3-5-7-9-11-14/h2*12,14H,2-11H2,1H3,(H,15,16). The molecule has 0 saturated carbocycles. The van der Waals surface area contributed by atoms with E-state index >= 15 is 0 Å². The van der Waals surface area contributed by atoms with Crippen molar-refractivity contribution in [2.75, 3.05) is 13.2 Å². The predicted molar refractivity (Wildman–Crippen MR) is 131 cm³/mol. The van der Waals surface area contributed by atoms with Gasteiger partial charge in [0.2, 0.25) is 0 Å². The van der Waals surface area contributed by atoms with Crippen LogP contribution >= 0.6 is 0 Å². The highest BCUT2D eigenvalue weighted by Crippen LogP contribution is 2.14. The molecule has 0 aromatic rings. The van der Waals surface area contributed by atoms with Gasteiger partial charge in [0.1, 0.15) is 0 Å². The first-order valence-corrected chi connectivity index (χ1v) is 13.0. The highest BCUT2D eigenvalue weighted by molar-refractivity contribution is 5.69. The third kappa shape index (κ3) is 26.9. The van der Waals surface area contributed by atoms with Crippen LogP contribution in [0.3, 0.4) is 0 Å². The predicted octanol–water partition coefficient (Wildman–Crippen LogP) is 6.42. The van der Waals surface area contributed by atoms with Crippen LogP contribution in [0.5, 0.6) is 0 Å². The third-order valence-corrected chi connectivity index (χ3v) is 5.93. The fraction of sp³-hybridized carbons (Fsp3) is 0.923. The van der Waals surface area contributed by atoms with Crippen LogP contribution in [-0.2, 0) is 9.59 Å². The van der Waals surface area contributed by atoms with Gasteiger partial charge in [0, 0.05) is 13.2 Å². The van der Waals surface area contributed by atoms with Crippen LogP contribution < -0.4 is 0 Å². The summed E-state index contributed by atoms with van der Waals surface area (Å²) < 4.78 is 0. The molecular formula is C26H52O6.